The molecular formula is C13H18BrNO2. The van der Waals surface area contributed by atoms with Crippen LogP contribution >= 0.6 is 15.9 Å². The van der Waals surface area contributed by atoms with E-state index in [-0.39, 0.29) is 17.8 Å². The number of alkyl halides is 1. The second-order valence-corrected chi connectivity index (χ2v) is 5.29. The quantitative estimate of drug-likeness (QED) is 0.526. The van der Waals surface area contributed by atoms with E-state index in [9.17, 15) is 5.21 Å². The maximum Gasteiger partial charge on any atom is 0.222 e. The van der Waals surface area contributed by atoms with Crippen molar-refractivity contribution in [1.82, 2.24) is 0 Å². The van der Waals surface area contributed by atoms with E-state index < -0.39 is 0 Å². The molecule has 0 aromatic heterocycles. The van der Waals surface area contributed by atoms with Crippen molar-refractivity contribution in [2.75, 3.05) is 12.1 Å². The first-order valence-corrected chi connectivity index (χ1v) is 7.19. The fraction of sp³-hybridized carbons (Fsp3) is 0.538. The van der Waals surface area contributed by atoms with Gasteiger partial charge in [-0.15, -0.1) is 0 Å². The Morgan fingerprint density at radius 3 is 3.06 bits per heavy atom. The van der Waals surface area contributed by atoms with Crippen molar-refractivity contribution in [2.24, 2.45) is 0 Å². The first kappa shape index (κ1) is 12.9. The third kappa shape index (κ3) is 3.00. The number of aryl methyl sites for hydroxylation is 1. The van der Waals surface area contributed by atoms with E-state index in [1.54, 1.807) is 0 Å². The molecule has 2 rings (SSSR count). The molecule has 1 aliphatic heterocycles. The average molecular weight is 300 g/mol. The zero-order valence-corrected chi connectivity index (χ0v) is 11.6. The number of nitrogens with one attached hydrogen (secondary N) is 1. The predicted molar refractivity (Wildman–Crippen MR) is 71.4 cm³/mol. The largest absolute Gasteiger partial charge is 0.631 e. The zero-order valence-electron chi connectivity index (χ0n) is 10.0. The monoisotopic (exact) mass is 299 g/mol. The van der Waals surface area contributed by atoms with Gasteiger partial charge in [0.15, 0.2) is 0 Å². The molecule has 0 saturated heterocycles. The lowest BCUT2D eigenvalue weighted by atomic mass is 10.0. The van der Waals surface area contributed by atoms with Crippen LogP contribution in [-0.2, 0) is 6.42 Å². The topological polar surface area (TPSA) is 36.7 Å². The van der Waals surface area contributed by atoms with Crippen LogP contribution in [0.4, 0.5) is 0 Å². The van der Waals surface area contributed by atoms with Crippen LogP contribution in [0.3, 0.4) is 0 Å². The van der Waals surface area contributed by atoms with E-state index in [0.717, 1.165) is 23.1 Å². The maximum atomic E-state index is 11.5. The summed E-state index contributed by atoms with van der Waals surface area (Å²) in [6, 6.07) is 6.23. The molecule has 1 aliphatic rings. The molecule has 2 unspecified atom stereocenters. The summed E-state index contributed by atoms with van der Waals surface area (Å²) in [5.74, 6) is 0.897. The first-order valence-electron chi connectivity index (χ1n) is 6.06. The Morgan fingerprint density at radius 2 is 2.29 bits per heavy atom. The molecule has 94 valence electrons. The lowest BCUT2D eigenvalue weighted by molar-refractivity contribution is -0.900. The molecule has 1 N–H and O–H groups in total. The van der Waals surface area contributed by atoms with E-state index in [1.807, 2.05) is 13.0 Å². The maximum absolute atomic E-state index is 11.5. The van der Waals surface area contributed by atoms with Crippen molar-refractivity contribution < 1.29 is 9.80 Å². The lowest BCUT2D eigenvalue weighted by Crippen LogP contribution is -3.08. The number of fused-ring (bicyclic) bond motifs is 1. The van der Waals surface area contributed by atoms with Crippen LogP contribution in [0, 0.1) is 5.21 Å². The van der Waals surface area contributed by atoms with Gasteiger partial charge in [-0.1, -0.05) is 22.0 Å². The highest BCUT2D eigenvalue weighted by Crippen LogP contribution is 2.27. The molecule has 1 aromatic carbocycles. The van der Waals surface area contributed by atoms with Gasteiger partial charge in [0.25, 0.3) is 0 Å². The minimum Gasteiger partial charge on any atom is -0.631 e. The minimum absolute atomic E-state index is 0.0182. The first-order chi connectivity index (χ1) is 8.22. The van der Waals surface area contributed by atoms with Gasteiger partial charge >= 0.3 is 0 Å². The van der Waals surface area contributed by atoms with Gasteiger partial charge < -0.3 is 15.0 Å². The van der Waals surface area contributed by atoms with Gasteiger partial charge in [0.05, 0.1) is 5.56 Å². The summed E-state index contributed by atoms with van der Waals surface area (Å²) in [6.07, 6.45) is 3.44. The van der Waals surface area contributed by atoms with Gasteiger partial charge in [0.1, 0.15) is 11.8 Å². The Hall–Kier alpha value is -0.580. The van der Waals surface area contributed by atoms with Crippen LogP contribution in [0.15, 0.2) is 18.2 Å². The summed E-state index contributed by atoms with van der Waals surface area (Å²) in [5, 5.41) is 12.7. The number of ether oxygens (including phenoxy) is 1. The van der Waals surface area contributed by atoms with E-state index in [2.05, 4.69) is 28.1 Å². The Kier molecular flexibility index (Phi) is 4.42. The molecule has 0 fully saturated rings. The van der Waals surface area contributed by atoms with E-state index in [0.29, 0.717) is 0 Å². The summed E-state index contributed by atoms with van der Waals surface area (Å²) in [5.41, 5.74) is 2.33. The Labute approximate surface area is 110 Å². The summed E-state index contributed by atoms with van der Waals surface area (Å²) in [6.45, 7) is 2.17. The fourth-order valence-corrected chi connectivity index (χ4v) is 2.48. The van der Waals surface area contributed by atoms with Gasteiger partial charge in [0, 0.05) is 5.33 Å². The highest BCUT2D eigenvalue weighted by atomic mass is 79.9. The molecule has 0 spiro atoms. The normalized spacial score (nSPS) is 23.0. The summed E-state index contributed by atoms with van der Waals surface area (Å²) >= 11 is 3.44. The number of quaternary nitrogens is 1. The second-order valence-electron chi connectivity index (χ2n) is 4.49. The standard InChI is InChI=1S/C13H18BrNO2/c1-10-12-6-5-11(4-2-3-7-14)8-13(12)17-9-15(10)16/h5-6,8,10,15H,2-4,7,9H2,1H3. The Balaban J connectivity index is 2.09. The molecular weight excluding hydrogens is 282 g/mol. The summed E-state index contributed by atoms with van der Waals surface area (Å²) in [4.78, 5) is 0. The van der Waals surface area contributed by atoms with Crippen LogP contribution in [0.25, 0.3) is 0 Å². The number of benzene rings is 1. The number of rotatable bonds is 4. The molecule has 4 heteroatoms. The molecule has 0 saturated carbocycles. The SMILES string of the molecule is CC1c2ccc(CCCCBr)cc2OC[NH+]1[O-]. The van der Waals surface area contributed by atoms with Gasteiger partial charge in [-0.2, -0.15) is 0 Å². The van der Waals surface area contributed by atoms with Crippen molar-refractivity contribution in [3.05, 3.63) is 34.5 Å². The molecule has 0 aliphatic carbocycles. The number of halogens is 1. The van der Waals surface area contributed by atoms with Crippen molar-refractivity contribution in [3.63, 3.8) is 0 Å². The van der Waals surface area contributed by atoms with Crippen LogP contribution in [0.5, 0.6) is 5.75 Å². The van der Waals surface area contributed by atoms with E-state index in [1.165, 1.54) is 18.4 Å². The zero-order chi connectivity index (χ0) is 12.3. The van der Waals surface area contributed by atoms with Crippen LogP contribution in [0.2, 0.25) is 0 Å². The third-order valence-electron chi connectivity index (χ3n) is 3.25. The molecule has 0 bridgehead atoms. The minimum atomic E-state index is -0.0182. The van der Waals surface area contributed by atoms with Crippen molar-refractivity contribution >= 4 is 15.9 Å². The highest BCUT2D eigenvalue weighted by Gasteiger charge is 2.23. The molecule has 2 atom stereocenters. The number of hydrogen-bond donors (Lipinski definition) is 1. The summed E-state index contributed by atoms with van der Waals surface area (Å²) in [7, 11) is 0. The second kappa shape index (κ2) is 5.85. The molecule has 0 amide bonds. The molecule has 3 nitrogen and oxygen atoms in total. The average Bonchev–Trinajstić information content (AvgIpc) is 2.34. The Bertz CT molecular complexity index is 384. The molecule has 1 heterocycles. The predicted octanol–water partition coefficient (Wildman–Crippen LogP) is 2.20. The van der Waals surface area contributed by atoms with Crippen LogP contribution in [-0.4, -0.2) is 12.1 Å². The molecule has 0 radical (unpaired) electrons. The van der Waals surface area contributed by atoms with Crippen molar-refractivity contribution in [1.29, 1.82) is 0 Å². The highest BCUT2D eigenvalue weighted by molar-refractivity contribution is 9.09. The van der Waals surface area contributed by atoms with Crippen LogP contribution < -0.4 is 9.80 Å². The molecule has 17 heavy (non-hydrogen) atoms. The molecule has 1 aromatic rings. The van der Waals surface area contributed by atoms with Gasteiger partial charge in [-0.25, -0.2) is 0 Å². The van der Waals surface area contributed by atoms with Gasteiger partial charge in [-0.05, 0) is 43.9 Å². The van der Waals surface area contributed by atoms with Crippen molar-refractivity contribution in [3.8, 4) is 5.75 Å². The van der Waals surface area contributed by atoms with Crippen LogP contribution in [0.1, 0.15) is 36.9 Å². The van der Waals surface area contributed by atoms with Gasteiger partial charge in [0.2, 0.25) is 6.73 Å². The third-order valence-corrected chi connectivity index (χ3v) is 3.81. The number of hydroxylamine groups is 2. The number of unbranched alkanes of at least 4 members (excludes halogenated alkanes) is 1. The van der Waals surface area contributed by atoms with Gasteiger partial charge in [-0.3, -0.25) is 0 Å². The fourth-order valence-electron chi connectivity index (χ4n) is 2.09. The van der Waals surface area contributed by atoms with E-state index >= 15 is 0 Å². The lowest BCUT2D eigenvalue weighted by Gasteiger charge is -2.34. The van der Waals surface area contributed by atoms with Crippen molar-refractivity contribution in [2.45, 2.75) is 32.2 Å². The summed E-state index contributed by atoms with van der Waals surface area (Å²) < 4.78 is 5.49. The smallest absolute Gasteiger partial charge is 0.222 e. The number of hydrogen-bond acceptors (Lipinski definition) is 2. The van der Waals surface area contributed by atoms with E-state index in [4.69, 9.17) is 4.74 Å². The Morgan fingerprint density at radius 1 is 1.47 bits per heavy atom.